The number of fused-ring (bicyclic) bond motifs is 2. The molecule has 0 fully saturated rings. The molecule has 0 saturated carbocycles. The second-order valence-corrected chi connectivity index (χ2v) is 10.0. The molecule has 0 aliphatic heterocycles. The Hall–Kier alpha value is -4.35. The molecular weight excluding hydrogens is 599 g/mol. The summed E-state index contributed by atoms with van der Waals surface area (Å²) in [5.41, 5.74) is 2.37. The van der Waals surface area contributed by atoms with Crippen molar-refractivity contribution in [2.45, 2.75) is 13.5 Å². The molecule has 0 saturated heterocycles. The fraction of sp³-hybridized carbons (Fsp3) is 0.0909. The van der Waals surface area contributed by atoms with Crippen LogP contribution in [-0.4, -0.2) is 12.5 Å². The molecule has 0 aromatic heterocycles. The lowest BCUT2D eigenvalue weighted by atomic mass is 10.1. The Balaban J connectivity index is 1.39. The molecule has 0 radical (unpaired) electrons. The van der Waals surface area contributed by atoms with Crippen molar-refractivity contribution in [3.05, 3.63) is 117 Å². The van der Waals surface area contributed by atoms with Gasteiger partial charge >= 0.3 is 0 Å². The third-order valence-electron chi connectivity index (χ3n) is 6.27. The van der Waals surface area contributed by atoms with Crippen LogP contribution in [0.2, 0.25) is 0 Å². The Morgan fingerprint density at radius 2 is 1.64 bits per heavy atom. The van der Waals surface area contributed by atoms with E-state index in [9.17, 15) is 10.1 Å². The highest BCUT2D eigenvalue weighted by atomic mass is 127. The van der Waals surface area contributed by atoms with Gasteiger partial charge in [-0.15, -0.1) is 0 Å². The largest absolute Gasteiger partial charge is 0.490 e. The molecule has 1 amide bonds. The molecule has 5 rings (SSSR count). The predicted molar refractivity (Wildman–Crippen MR) is 165 cm³/mol. The van der Waals surface area contributed by atoms with Crippen LogP contribution in [0.3, 0.4) is 0 Å². The molecule has 0 heterocycles. The van der Waals surface area contributed by atoms with Crippen LogP contribution in [0.1, 0.15) is 18.1 Å². The molecule has 1 N–H and O–H groups in total. The molecule has 6 heteroatoms. The average Bonchev–Trinajstić information content (AvgIpc) is 2.95. The van der Waals surface area contributed by atoms with Crippen LogP contribution in [0.5, 0.6) is 11.5 Å². The van der Waals surface area contributed by atoms with Crippen LogP contribution >= 0.6 is 22.6 Å². The number of nitrogens with one attached hydrogen (secondary N) is 1. The Bertz CT molecular complexity index is 1750. The molecule has 5 aromatic carbocycles. The van der Waals surface area contributed by atoms with Crippen molar-refractivity contribution < 1.29 is 14.3 Å². The van der Waals surface area contributed by atoms with Gasteiger partial charge in [-0.2, -0.15) is 5.26 Å². The Kier molecular flexibility index (Phi) is 8.09. The lowest BCUT2D eigenvalue weighted by Gasteiger charge is -2.16. The van der Waals surface area contributed by atoms with Gasteiger partial charge in [-0.3, -0.25) is 4.79 Å². The van der Waals surface area contributed by atoms with E-state index in [1.54, 1.807) is 12.1 Å². The number of amides is 1. The number of nitrogens with zero attached hydrogens (tertiary/aromatic N) is 1. The third-order valence-corrected chi connectivity index (χ3v) is 7.07. The van der Waals surface area contributed by atoms with E-state index in [1.165, 1.54) is 0 Å². The maximum atomic E-state index is 13.0. The van der Waals surface area contributed by atoms with E-state index in [1.807, 2.05) is 79.7 Å². The van der Waals surface area contributed by atoms with Crippen LogP contribution in [0.15, 0.2) is 103 Å². The van der Waals surface area contributed by atoms with E-state index < -0.39 is 5.91 Å². The van der Waals surface area contributed by atoms with Crippen molar-refractivity contribution in [2.24, 2.45) is 0 Å². The van der Waals surface area contributed by atoms with Crippen LogP contribution in [0.4, 0.5) is 5.69 Å². The molecule has 39 heavy (non-hydrogen) atoms. The number of hydrogen-bond acceptors (Lipinski definition) is 4. The fourth-order valence-electron chi connectivity index (χ4n) is 4.42. The number of anilines is 1. The van der Waals surface area contributed by atoms with Gasteiger partial charge < -0.3 is 14.8 Å². The van der Waals surface area contributed by atoms with Gasteiger partial charge in [0.25, 0.3) is 5.91 Å². The Morgan fingerprint density at radius 1 is 0.897 bits per heavy atom. The minimum atomic E-state index is -0.475. The van der Waals surface area contributed by atoms with Gasteiger partial charge in [0, 0.05) is 5.69 Å². The summed E-state index contributed by atoms with van der Waals surface area (Å²) in [7, 11) is 0. The van der Waals surface area contributed by atoms with Crippen molar-refractivity contribution in [3.8, 4) is 17.6 Å². The SMILES string of the molecule is CCOc1cc(/C=C(\C#N)C(=O)Nc2ccc3ccccc3c2)cc(I)c1OCc1cccc2ccccc12. The van der Waals surface area contributed by atoms with Crippen LogP contribution < -0.4 is 14.8 Å². The molecule has 0 aliphatic carbocycles. The van der Waals surface area contributed by atoms with E-state index in [0.29, 0.717) is 36.0 Å². The summed E-state index contributed by atoms with van der Waals surface area (Å²) in [6, 6.07) is 33.6. The summed E-state index contributed by atoms with van der Waals surface area (Å²) >= 11 is 2.20. The summed E-state index contributed by atoms with van der Waals surface area (Å²) in [4.78, 5) is 13.0. The molecule has 0 aliphatic rings. The van der Waals surface area contributed by atoms with Gasteiger partial charge in [-0.25, -0.2) is 0 Å². The number of rotatable bonds is 8. The lowest BCUT2D eigenvalue weighted by Crippen LogP contribution is -2.13. The van der Waals surface area contributed by atoms with E-state index in [0.717, 1.165) is 30.7 Å². The molecule has 0 spiro atoms. The summed E-state index contributed by atoms with van der Waals surface area (Å²) in [6.45, 7) is 2.73. The van der Waals surface area contributed by atoms with E-state index >= 15 is 0 Å². The first-order valence-electron chi connectivity index (χ1n) is 12.5. The zero-order valence-corrected chi connectivity index (χ0v) is 23.4. The number of benzene rings is 5. The fourth-order valence-corrected chi connectivity index (χ4v) is 5.20. The van der Waals surface area contributed by atoms with Crippen molar-refractivity contribution in [1.29, 1.82) is 5.26 Å². The van der Waals surface area contributed by atoms with Crippen LogP contribution in [-0.2, 0) is 11.4 Å². The van der Waals surface area contributed by atoms with Crippen LogP contribution in [0, 0.1) is 14.9 Å². The van der Waals surface area contributed by atoms with Crippen molar-refractivity contribution in [3.63, 3.8) is 0 Å². The smallest absolute Gasteiger partial charge is 0.266 e. The molecule has 0 atom stereocenters. The van der Waals surface area contributed by atoms with Crippen molar-refractivity contribution >= 4 is 61.8 Å². The summed E-state index contributed by atoms with van der Waals surface area (Å²) in [5.74, 6) is 0.710. The average molecular weight is 624 g/mol. The van der Waals surface area contributed by atoms with Crippen molar-refractivity contribution in [1.82, 2.24) is 0 Å². The first kappa shape index (κ1) is 26.3. The lowest BCUT2D eigenvalue weighted by molar-refractivity contribution is -0.112. The maximum absolute atomic E-state index is 13.0. The second-order valence-electron chi connectivity index (χ2n) is 8.88. The van der Waals surface area contributed by atoms with Gasteiger partial charge in [-0.1, -0.05) is 72.8 Å². The number of carbonyl (C=O) groups is 1. The number of nitriles is 1. The zero-order chi connectivity index (χ0) is 27.2. The number of ether oxygens (including phenoxy) is 2. The van der Waals surface area contributed by atoms with Crippen LogP contribution in [0.25, 0.3) is 27.6 Å². The molecule has 192 valence electrons. The van der Waals surface area contributed by atoms with Gasteiger partial charge in [0.1, 0.15) is 18.2 Å². The first-order valence-corrected chi connectivity index (χ1v) is 13.6. The Labute approximate surface area is 240 Å². The van der Waals surface area contributed by atoms with E-state index in [4.69, 9.17) is 9.47 Å². The number of hydrogen-bond donors (Lipinski definition) is 1. The number of carbonyl (C=O) groups excluding carboxylic acids is 1. The highest BCUT2D eigenvalue weighted by Crippen LogP contribution is 2.36. The number of halogens is 1. The predicted octanol–water partition coefficient (Wildman–Crippen LogP) is 8.12. The minimum Gasteiger partial charge on any atom is -0.490 e. The topological polar surface area (TPSA) is 71.3 Å². The zero-order valence-electron chi connectivity index (χ0n) is 21.3. The van der Waals surface area contributed by atoms with E-state index in [2.05, 4.69) is 52.2 Å². The molecule has 5 aromatic rings. The minimum absolute atomic E-state index is 0.00849. The van der Waals surface area contributed by atoms with Crippen molar-refractivity contribution in [2.75, 3.05) is 11.9 Å². The molecule has 0 unspecified atom stereocenters. The molecule has 5 nitrogen and oxygen atoms in total. The molecular formula is C33H25IN2O3. The third kappa shape index (κ3) is 6.05. The highest BCUT2D eigenvalue weighted by Gasteiger charge is 2.15. The quantitative estimate of drug-likeness (QED) is 0.108. The summed E-state index contributed by atoms with van der Waals surface area (Å²) < 4.78 is 13.0. The second kappa shape index (κ2) is 12.0. The van der Waals surface area contributed by atoms with E-state index in [-0.39, 0.29) is 5.57 Å². The van der Waals surface area contributed by atoms with Gasteiger partial charge in [0.15, 0.2) is 11.5 Å². The summed E-state index contributed by atoms with van der Waals surface area (Å²) in [5, 5.41) is 17.0. The molecule has 0 bridgehead atoms. The highest BCUT2D eigenvalue weighted by molar-refractivity contribution is 14.1. The Morgan fingerprint density at radius 3 is 2.44 bits per heavy atom. The normalized spacial score (nSPS) is 11.3. The standard InChI is InChI=1S/C33H25IN2O3/c1-2-38-31-18-22(16-27(20-35)33(37)36-28-15-14-23-8-3-4-10-25(23)19-28)17-30(34)32(31)39-21-26-12-7-11-24-9-5-6-13-29(24)26/h3-19H,2,21H2,1H3,(H,36,37)/b27-16+. The van der Waals surface area contributed by atoms with Gasteiger partial charge in [-0.05, 0) is 92.5 Å². The maximum Gasteiger partial charge on any atom is 0.266 e. The summed E-state index contributed by atoms with van der Waals surface area (Å²) in [6.07, 6.45) is 1.57. The van der Waals surface area contributed by atoms with Gasteiger partial charge in [0.05, 0.1) is 10.2 Å². The monoisotopic (exact) mass is 624 g/mol. The first-order chi connectivity index (χ1) is 19.1. The van der Waals surface area contributed by atoms with Gasteiger partial charge in [0.2, 0.25) is 0 Å².